The van der Waals surface area contributed by atoms with Crippen LogP contribution in [0.2, 0.25) is 0 Å². The van der Waals surface area contributed by atoms with Gasteiger partial charge >= 0.3 is 0 Å². The van der Waals surface area contributed by atoms with Gasteiger partial charge in [-0.1, -0.05) is 6.07 Å². The lowest BCUT2D eigenvalue weighted by Gasteiger charge is -2.25. The number of carbonyl (C=O) groups excluding carboxylic acids is 1. The van der Waals surface area contributed by atoms with Gasteiger partial charge in [0.2, 0.25) is 0 Å². The molecule has 0 radical (unpaired) electrons. The van der Waals surface area contributed by atoms with E-state index in [2.05, 4.69) is 0 Å². The highest BCUT2D eigenvalue weighted by atomic mass is 16.3. The minimum atomic E-state index is -0.0152. The van der Waals surface area contributed by atoms with Gasteiger partial charge < -0.3 is 10.2 Å². The summed E-state index contributed by atoms with van der Waals surface area (Å²) < 4.78 is 0. The summed E-state index contributed by atoms with van der Waals surface area (Å²) in [5.74, 6) is 0.427. The highest BCUT2D eigenvalue weighted by Crippen LogP contribution is 2.42. The summed E-state index contributed by atoms with van der Waals surface area (Å²) in [4.78, 5) is 12.0. The van der Waals surface area contributed by atoms with Gasteiger partial charge in [0, 0.05) is 11.1 Å². The van der Waals surface area contributed by atoms with Crippen LogP contribution in [0.4, 0.5) is 0 Å². The molecule has 0 saturated heterocycles. The lowest BCUT2D eigenvalue weighted by atomic mass is 9.79. The molecule has 0 amide bonds. The Balaban J connectivity index is 2.37. The highest BCUT2D eigenvalue weighted by Gasteiger charge is 2.25. The van der Waals surface area contributed by atoms with Crippen LogP contribution in [0, 0.1) is 13.8 Å². The molecule has 3 heteroatoms. The molecule has 0 fully saturated rings. The topological polar surface area (TPSA) is 57.5 Å². The van der Waals surface area contributed by atoms with Gasteiger partial charge in [-0.15, -0.1) is 0 Å². The Hall–Kier alpha value is -2.29. The van der Waals surface area contributed by atoms with Gasteiger partial charge in [0.15, 0.2) is 5.78 Å². The van der Waals surface area contributed by atoms with E-state index in [9.17, 15) is 15.0 Å². The summed E-state index contributed by atoms with van der Waals surface area (Å²) in [5.41, 5.74) is 6.19. The fourth-order valence-corrected chi connectivity index (χ4v) is 3.37. The molecule has 0 spiro atoms. The molecular weight excluding hydrogens is 264 g/mol. The fourth-order valence-electron chi connectivity index (χ4n) is 3.37. The van der Waals surface area contributed by atoms with Gasteiger partial charge in [-0.25, -0.2) is 0 Å². The molecule has 0 aliphatic heterocycles. The molecule has 0 atom stereocenters. The normalized spacial score (nSPS) is 12.7. The van der Waals surface area contributed by atoms with E-state index < -0.39 is 0 Å². The third kappa shape index (κ3) is 1.92. The molecule has 0 aromatic heterocycles. The van der Waals surface area contributed by atoms with E-state index in [4.69, 9.17) is 0 Å². The summed E-state index contributed by atoms with van der Waals surface area (Å²) >= 11 is 0. The van der Waals surface area contributed by atoms with E-state index in [1.807, 2.05) is 13.0 Å². The molecular formula is C18H18O3. The first kappa shape index (κ1) is 13.7. The van der Waals surface area contributed by atoms with Crippen molar-refractivity contribution >= 4 is 5.78 Å². The number of carbonyl (C=O) groups is 1. The second kappa shape index (κ2) is 4.62. The van der Waals surface area contributed by atoms with Crippen molar-refractivity contribution in [1.82, 2.24) is 0 Å². The quantitative estimate of drug-likeness (QED) is 0.784. The van der Waals surface area contributed by atoms with Crippen LogP contribution in [0.5, 0.6) is 11.5 Å². The first-order chi connectivity index (χ1) is 9.91. The smallest absolute Gasteiger partial charge is 0.160 e. The standard InChI is InChI=1S/C18H18O3/c1-9-12-4-5-14-15(13(12)6-7-16(9)20)8-17(21)10(2)18(14)11(3)19/h6-8,20-21H,4-5H2,1-3H3. The van der Waals surface area contributed by atoms with Gasteiger partial charge in [-0.3, -0.25) is 4.79 Å². The fraction of sp³-hybridized carbons (Fsp3) is 0.278. The van der Waals surface area contributed by atoms with E-state index in [1.165, 1.54) is 0 Å². The molecule has 0 bridgehead atoms. The predicted octanol–water partition coefficient (Wildman–Crippen LogP) is 3.68. The van der Waals surface area contributed by atoms with Gasteiger partial charge in [0.1, 0.15) is 11.5 Å². The number of ketones is 1. The number of phenols is 2. The monoisotopic (exact) mass is 282 g/mol. The molecule has 1 aliphatic carbocycles. The molecule has 3 rings (SSSR count). The van der Waals surface area contributed by atoms with Crippen LogP contribution in [-0.2, 0) is 12.8 Å². The maximum absolute atomic E-state index is 12.0. The molecule has 2 N–H and O–H groups in total. The number of fused-ring (bicyclic) bond motifs is 3. The Kier molecular flexibility index (Phi) is 3.01. The summed E-state index contributed by atoms with van der Waals surface area (Å²) in [6.45, 7) is 5.22. The van der Waals surface area contributed by atoms with Gasteiger partial charge in [-0.05, 0) is 73.6 Å². The lowest BCUT2D eigenvalue weighted by Crippen LogP contribution is -2.12. The predicted molar refractivity (Wildman–Crippen MR) is 82.1 cm³/mol. The first-order valence-corrected chi connectivity index (χ1v) is 7.10. The molecule has 0 heterocycles. The van der Waals surface area contributed by atoms with Crippen molar-refractivity contribution in [3.05, 3.63) is 46.0 Å². The molecule has 1 aliphatic rings. The van der Waals surface area contributed by atoms with Crippen LogP contribution < -0.4 is 0 Å². The van der Waals surface area contributed by atoms with Crippen LogP contribution in [0.1, 0.15) is 39.5 Å². The number of aromatic hydroxyl groups is 2. The van der Waals surface area contributed by atoms with Crippen molar-refractivity contribution in [1.29, 1.82) is 0 Å². The number of phenolic OH excluding ortho intramolecular Hbond substituents is 2. The van der Waals surface area contributed by atoms with Crippen molar-refractivity contribution in [2.24, 2.45) is 0 Å². The summed E-state index contributed by atoms with van der Waals surface area (Å²) in [7, 11) is 0. The van der Waals surface area contributed by atoms with E-state index in [0.29, 0.717) is 16.9 Å². The lowest BCUT2D eigenvalue weighted by molar-refractivity contribution is 0.101. The van der Waals surface area contributed by atoms with Crippen molar-refractivity contribution < 1.29 is 15.0 Å². The van der Waals surface area contributed by atoms with E-state index in [0.717, 1.165) is 40.7 Å². The second-order valence-electron chi connectivity index (χ2n) is 5.71. The zero-order valence-corrected chi connectivity index (χ0v) is 12.4. The second-order valence-corrected chi connectivity index (χ2v) is 5.71. The first-order valence-electron chi connectivity index (χ1n) is 7.10. The van der Waals surface area contributed by atoms with E-state index in [-0.39, 0.29) is 11.5 Å². The molecule has 108 valence electrons. The molecule has 0 saturated carbocycles. The number of Topliss-reactive ketones (excluding diaryl/α,β-unsaturated/α-hetero) is 1. The molecule has 21 heavy (non-hydrogen) atoms. The molecule has 0 unspecified atom stereocenters. The number of rotatable bonds is 1. The largest absolute Gasteiger partial charge is 0.508 e. The van der Waals surface area contributed by atoms with Crippen LogP contribution in [-0.4, -0.2) is 16.0 Å². The van der Waals surface area contributed by atoms with Crippen molar-refractivity contribution in [3.63, 3.8) is 0 Å². The van der Waals surface area contributed by atoms with Crippen molar-refractivity contribution in [2.45, 2.75) is 33.6 Å². The van der Waals surface area contributed by atoms with Crippen LogP contribution in [0.15, 0.2) is 18.2 Å². The average Bonchev–Trinajstić information content (AvgIpc) is 2.43. The average molecular weight is 282 g/mol. The Bertz CT molecular complexity index is 773. The number of hydrogen-bond donors (Lipinski definition) is 2. The van der Waals surface area contributed by atoms with Gasteiger partial charge in [0.05, 0.1) is 0 Å². The maximum Gasteiger partial charge on any atom is 0.160 e. The van der Waals surface area contributed by atoms with Gasteiger partial charge in [0.25, 0.3) is 0 Å². The number of benzene rings is 2. The third-order valence-electron chi connectivity index (χ3n) is 4.50. The Morgan fingerprint density at radius 3 is 2.29 bits per heavy atom. The Morgan fingerprint density at radius 2 is 1.62 bits per heavy atom. The highest BCUT2D eigenvalue weighted by molar-refractivity contribution is 6.00. The molecule has 2 aromatic carbocycles. The van der Waals surface area contributed by atoms with Gasteiger partial charge in [-0.2, -0.15) is 0 Å². The summed E-state index contributed by atoms with van der Waals surface area (Å²) in [5, 5.41) is 20.0. The maximum atomic E-state index is 12.0. The molecule has 2 aromatic rings. The number of hydrogen-bond acceptors (Lipinski definition) is 3. The zero-order chi connectivity index (χ0) is 15.3. The van der Waals surface area contributed by atoms with Crippen LogP contribution in [0.3, 0.4) is 0 Å². The van der Waals surface area contributed by atoms with Crippen LogP contribution in [0.25, 0.3) is 11.1 Å². The Labute approximate surface area is 123 Å². The summed E-state index contributed by atoms with van der Waals surface area (Å²) in [6, 6.07) is 5.29. The minimum absolute atomic E-state index is 0.0152. The Morgan fingerprint density at radius 1 is 0.952 bits per heavy atom. The van der Waals surface area contributed by atoms with E-state index >= 15 is 0 Å². The summed E-state index contributed by atoms with van der Waals surface area (Å²) in [6.07, 6.45) is 1.55. The van der Waals surface area contributed by atoms with Crippen LogP contribution >= 0.6 is 0 Å². The SMILES string of the molecule is CC(=O)c1c(C)c(O)cc2c1CCc1c-2ccc(O)c1C. The van der Waals surface area contributed by atoms with Crippen molar-refractivity contribution in [3.8, 4) is 22.6 Å². The van der Waals surface area contributed by atoms with E-state index in [1.54, 1.807) is 26.0 Å². The van der Waals surface area contributed by atoms with Crippen molar-refractivity contribution in [2.75, 3.05) is 0 Å². The molecule has 3 nitrogen and oxygen atoms in total. The zero-order valence-electron chi connectivity index (χ0n) is 12.4. The minimum Gasteiger partial charge on any atom is -0.508 e. The third-order valence-corrected chi connectivity index (χ3v) is 4.50.